The minimum Gasteiger partial charge on any atom is -0.465 e. The molecule has 29 heavy (non-hydrogen) atoms. The van der Waals surface area contributed by atoms with E-state index in [1.54, 1.807) is 24.3 Å². The Kier molecular flexibility index (Phi) is 5.93. The van der Waals surface area contributed by atoms with E-state index in [9.17, 15) is 19.3 Å². The van der Waals surface area contributed by atoms with Gasteiger partial charge in [-0.1, -0.05) is 12.1 Å². The van der Waals surface area contributed by atoms with Gasteiger partial charge in [-0.3, -0.25) is 10.1 Å². The molecule has 0 radical (unpaired) electrons. The average Bonchev–Trinajstić information content (AvgIpc) is 2.73. The zero-order valence-electron chi connectivity index (χ0n) is 15.3. The molecular formula is C19H16FN5O4. The molecule has 0 aliphatic carbocycles. The summed E-state index contributed by atoms with van der Waals surface area (Å²) in [6, 6.07) is 11.9. The number of nitrogens with one attached hydrogen (secondary N) is 2. The zero-order valence-corrected chi connectivity index (χ0v) is 15.3. The van der Waals surface area contributed by atoms with Gasteiger partial charge >= 0.3 is 11.7 Å². The molecule has 0 aliphatic rings. The van der Waals surface area contributed by atoms with Crippen molar-refractivity contribution >= 4 is 29.0 Å². The van der Waals surface area contributed by atoms with Crippen LogP contribution in [0.3, 0.4) is 0 Å². The van der Waals surface area contributed by atoms with Crippen LogP contribution in [0.4, 0.5) is 27.4 Å². The second kappa shape index (κ2) is 8.74. The summed E-state index contributed by atoms with van der Waals surface area (Å²) in [6.07, 6.45) is 1.19. The number of nitrogens with zero attached hydrogens (tertiary/aromatic N) is 3. The topological polar surface area (TPSA) is 119 Å². The van der Waals surface area contributed by atoms with Crippen LogP contribution < -0.4 is 10.6 Å². The van der Waals surface area contributed by atoms with Gasteiger partial charge in [0.15, 0.2) is 0 Å². The highest BCUT2D eigenvalue weighted by atomic mass is 19.1. The van der Waals surface area contributed by atoms with Crippen LogP contribution in [0.1, 0.15) is 15.9 Å². The fraction of sp³-hybridized carbons (Fsp3) is 0.105. The van der Waals surface area contributed by atoms with Crippen LogP contribution in [0.2, 0.25) is 0 Å². The fourth-order valence-electron chi connectivity index (χ4n) is 2.50. The maximum absolute atomic E-state index is 13.0. The summed E-state index contributed by atoms with van der Waals surface area (Å²) in [5.41, 5.74) is 1.22. The van der Waals surface area contributed by atoms with Crippen molar-refractivity contribution in [3.63, 3.8) is 0 Å². The third kappa shape index (κ3) is 4.80. The largest absolute Gasteiger partial charge is 0.465 e. The van der Waals surface area contributed by atoms with Crippen LogP contribution in [0.15, 0.2) is 54.9 Å². The zero-order chi connectivity index (χ0) is 20.8. The van der Waals surface area contributed by atoms with Crippen molar-refractivity contribution in [2.45, 2.75) is 6.54 Å². The predicted octanol–water partition coefficient (Wildman–Crippen LogP) is 3.67. The highest BCUT2D eigenvalue weighted by molar-refractivity contribution is 5.89. The van der Waals surface area contributed by atoms with Gasteiger partial charge in [0.25, 0.3) is 0 Å². The number of hydrogen-bond acceptors (Lipinski definition) is 8. The monoisotopic (exact) mass is 397 g/mol. The summed E-state index contributed by atoms with van der Waals surface area (Å²) in [4.78, 5) is 30.4. The number of carbonyl (C=O) groups excluding carboxylic acids is 1. The molecule has 0 unspecified atom stereocenters. The highest BCUT2D eigenvalue weighted by Gasteiger charge is 2.23. The molecule has 0 saturated carbocycles. The number of aromatic nitrogens is 2. The molecule has 0 bridgehead atoms. The van der Waals surface area contributed by atoms with E-state index < -0.39 is 10.9 Å². The van der Waals surface area contributed by atoms with Crippen molar-refractivity contribution in [2.75, 3.05) is 17.7 Å². The third-order valence-corrected chi connectivity index (χ3v) is 3.95. The van der Waals surface area contributed by atoms with Crippen molar-refractivity contribution in [1.29, 1.82) is 0 Å². The van der Waals surface area contributed by atoms with E-state index in [1.165, 1.54) is 37.7 Å². The minimum absolute atomic E-state index is 0.0163. The number of benzene rings is 2. The van der Waals surface area contributed by atoms with Gasteiger partial charge < -0.3 is 15.4 Å². The average molecular weight is 397 g/mol. The first-order valence-electron chi connectivity index (χ1n) is 8.41. The van der Waals surface area contributed by atoms with Gasteiger partial charge in [-0.2, -0.15) is 0 Å². The van der Waals surface area contributed by atoms with Gasteiger partial charge in [0.1, 0.15) is 12.1 Å². The first-order valence-corrected chi connectivity index (χ1v) is 8.41. The number of hydrogen-bond donors (Lipinski definition) is 2. The Bertz CT molecular complexity index is 1030. The van der Waals surface area contributed by atoms with E-state index in [0.717, 1.165) is 5.56 Å². The Morgan fingerprint density at radius 3 is 2.38 bits per heavy atom. The molecule has 0 atom stereocenters. The highest BCUT2D eigenvalue weighted by Crippen LogP contribution is 2.31. The lowest BCUT2D eigenvalue weighted by Gasteiger charge is -2.10. The second-order valence-electron chi connectivity index (χ2n) is 5.85. The molecule has 1 heterocycles. The van der Waals surface area contributed by atoms with Crippen LogP contribution in [-0.2, 0) is 11.3 Å². The maximum atomic E-state index is 13.0. The molecular weight excluding hydrogens is 381 g/mol. The van der Waals surface area contributed by atoms with Crippen LogP contribution in [-0.4, -0.2) is 28.0 Å². The summed E-state index contributed by atoms with van der Waals surface area (Å²) in [6.45, 7) is 0.214. The third-order valence-electron chi connectivity index (χ3n) is 3.95. The Balaban J connectivity index is 1.81. The molecule has 0 fully saturated rings. The van der Waals surface area contributed by atoms with E-state index in [1.807, 2.05) is 0 Å². The van der Waals surface area contributed by atoms with Gasteiger partial charge in [-0.15, -0.1) is 0 Å². The molecule has 0 spiro atoms. The van der Waals surface area contributed by atoms with Crippen LogP contribution in [0.25, 0.3) is 0 Å². The van der Waals surface area contributed by atoms with Crippen molar-refractivity contribution in [3.8, 4) is 0 Å². The van der Waals surface area contributed by atoms with Gasteiger partial charge in [-0.05, 0) is 42.0 Å². The lowest BCUT2D eigenvalue weighted by Crippen LogP contribution is -2.08. The number of methoxy groups -OCH3 is 1. The molecule has 0 aliphatic heterocycles. The number of halogens is 1. The number of rotatable bonds is 7. The molecule has 9 nitrogen and oxygen atoms in total. The maximum Gasteiger partial charge on any atom is 0.353 e. The Morgan fingerprint density at radius 2 is 1.76 bits per heavy atom. The van der Waals surface area contributed by atoms with E-state index in [2.05, 4.69) is 25.3 Å². The summed E-state index contributed by atoms with van der Waals surface area (Å²) < 4.78 is 17.6. The predicted molar refractivity (Wildman–Crippen MR) is 103 cm³/mol. The number of anilines is 3. The lowest BCUT2D eigenvalue weighted by atomic mass is 10.2. The quantitative estimate of drug-likeness (QED) is 0.352. The van der Waals surface area contributed by atoms with E-state index in [4.69, 9.17) is 0 Å². The summed E-state index contributed by atoms with van der Waals surface area (Å²) in [5.74, 6) is -0.858. The summed E-state index contributed by atoms with van der Waals surface area (Å²) >= 11 is 0. The SMILES string of the molecule is COC(=O)c1ccc(Nc2ncnc(NCc3ccc(F)cc3)c2[N+](=O)[O-])cc1. The van der Waals surface area contributed by atoms with Gasteiger partial charge in [-0.25, -0.2) is 19.2 Å². The number of carbonyl (C=O) groups is 1. The molecule has 0 amide bonds. The second-order valence-corrected chi connectivity index (χ2v) is 5.85. The van der Waals surface area contributed by atoms with Crippen molar-refractivity contribution in [2.24, 2.45) is 0 Å². The van der Waals surface area contributed by atoms with E-state index >= 15 is 0 Å². The fourth-order valence-corrected chi connectivity index (χ4v) is 2.50. The summed E-state index contributed by atoms with van der Waals surface area (Å²) in [7, 11) is 1.28. The summed E-state index contributed by atoms with van der Waals surface area (Å²) in [5, 5.41) is 17.3. The normalized spacial score (nSPS) is 10.3. The molecule has 148 valence electrons. The molecule has 3 aromatic rings. The first-order chi connectivity index (χ1) is 14.0. The number of nitro groups is 1. The first kappa shape index (κ1) is 19.7. The van der Waals surface area contributed by atoms with E-state index in [0.29, 0.717) is 11.3 Å². The Hall–Kier alpha value is -4.08. The number of ether oxygens (including phenoxy) is 1. The van der Waals surface area contributed by atoms with Gasteiger partial charge in [0.05, 0.1) is 17.6 Å². The van der Waals surface area contributed by atoms with Crippen LogP contribution in [0, 0.1) is 15.9 Å². The lowest BCUT2D eigenvalue weighted by molar-refractivity contribution is -0.383. The van der Waals surface area contributed by atoms with Crippen molar-refractivity contribution in [1.82, 2.24) is 9.97 Å². The van der Waals surface area contributed by atoms with Gasteiger partial charge in [0.2, 0.25) is 11.6 Å². The van der Waals surface area contributed by atoms with Crippen molar-refractivity contribution in [3.05, 3.63) is 81.9 Å². The number of esters is 1. The van der Waals surface area contributed by atoms with E-state index in [-0.39, 0.29) is 29.7 Å². The molecule has 10 heteroatoms. The van der Waals surface area contributed by atoms with Crippen LogP contribution >= 0.6 is 0 Å². The molecule has 2 N–H and O–H groups in total. The smallest absolute Gasteiger partial charge is 0.353 e. The van der Waals surface area contributed by atoms with Gasteiger partial charge in [0, 0.05) is 12.2 Å². The molecule has 1 aromatic heterocycles. The minimum atomic E-state index is -0.599. The van der Waals surface area contributed by atoms with Crippen molar-refractivity contribution < 1.29 is 18.8 Å². The molecule has 2 aromatic carbocycles. The molecule has 3 rings (SSSR count). The molecule has 0 saturated heterocycles. The Morgan fingerprint density at radius 1 is 1.10 bits per heavy atom. The van der Waals surface area contributed by atoms with Crippen LogP contribution in [0.5, 0.6) is 0 Å². The Labute approximate surface area is 164 Å². The standard InChI is InChI=1S/C19H16FN5O4/c1-29-19(26)13-4-8-15(9-5-13)24-18-16(25(27)28)17(22-11-23-18)21-10-12-2-6-14(20)7-3-12/h2-9,11H,10H2,1H3,(H2,21,22,23,24).